The molecule has 0 saturated carbocycles. The third-order valence-corrected chi connectivity index (χ3v) is 3.42. The van der Waals surface area contributed by atoms with Crippen molar-refractivity contribution in [2.24, 2.45) is 12.8 Å². The zero-order chi connectivity index (χ0) is 13.0. The van der Waals surface area contributed by atoms with Gasteiger partial charge in [-0.05, 0) is 18.9 Å². The number of nitrogens with two attached hydrogens (primary N) is 1. The number of piperidine rings is 1. The highest BCUT2D eigenvalue weighted by Crippen LogP contribution is 2.10. The number of nitrogens with zero attached hydrogens (tertiary/aromatic N) is 3. The third-order valence-electron chi connectivity index (χ3n) is 3.42. The molecule has 0 spiro atoms. The monoisotopic (exact) mass is 251 g/mol. The Morgan fingerprint density at radius 2 is 2.28 bits per heavy atom. The molecular formula is C12H21N5O. The maximum Gasteiger partial charge on any atom is 0.269 e. The van der Waals surface area contributed by atoms with Gasteiger partial charge in [0.15, 0.2) is 0 Å². The molecule has 6 nitrogen and oxygen atoms in total. The third kappa shape index (κ3) is 3.08. The van der Waals surface area contributed by atoms with Gasteiger partial charge in [-0.3, -0.25) is 9.48 Å². The molecule has 3 N–H and O–H groups in total. The first-order valence-corrected chi connectivity index (χ1v) is 6.42. The molecule has 0 bridgehead atoms. The predicted molar refractivity (Wildman–Crippen MR) is 69.2 cm³/mol. The van der Waals surface area contributed by atoms with Gasteiger partial charge < -0.3 is 16.0 Å². The van der Waals surface area contributed by atoms with Gasteiger partial charge >= 0.3 is 0 Å². The van der Waals surface area contributed by atoms with Crippen molar-refractivity contribution in [3.05, 3.63) is 18.0 Å². The van der Waals surface area contributed by atoms with Gasteiger partial charge in [0.25, 0.3) is 5.91 Å². The molecule has 0 aromatic carbocycles. The van der Waals surface area contributed by atoms with E-state index < -0.39 is 0 Å². The van der Waals surface area contributed by atoms with Crippen molar-refractivity contribution in [2.75, 3.05) is 26.2 Å². The second-order valence-electron chi connectivity index (χ2n) is 4.72. The van der Waals surface area contributed by atoms with Crippen LogP contribution in [0.3, 0.4) is 0 Å². The van der Waals surface area contributed by atoms with E-state index in [4.69, 9.17) is 5.73 Å². The van der Waals surface area contributed by atoms with Gasteiger partial charge in [-0.1, -0.05) is 0 Å². The van der Waals surface area contributed by atoms with Crippen LogP contribution in [-0.2, 0) is 7.05 Å². The van der Waals surface area contributed by atoms with Crippen LogP contribution < -0.4 is 11.1 Å². The highest BCUT2D eigenvalue weighted by Gasteiger charge is 2.21. The first-order chi connectivity index (χ1) is 8.70. The fourth-order valence-electron chi connectivity index (χ4n) is 2.34. The minimum Gasteiger partial charge on any atom is -0.348 e. The highest BCUT2D eigenvalue weighted by atomic mass is 16.2. The van der Waals surface area contributed by atoms with E-state index in [1.807, 2.05) is 0 Å². The summed E-state index contributed by atoms with van der Waals surface area (Å²) in [6.07, 6.45) is 3.62. The Morgan fingerprint density at radius 1 is 1.56 bits per heavy atom. The summed E-state index contributed by atoms with van der Waals surface area (Å²) in [6.45, 7) is 3.66. The van der Waals surface area contributed by atoms with Crippen LogP contribution in [0, 0.1) is 0 Å². The van der Waals surface area contributed by atoms with Crippen LogP contribution in [0.5, 0.6) is 0 Å². The molecule has 0 atom stereocenters. The fourth-order valence-corrected chi connectivity index (χ4v) is 2.34. The first kappa shape index (κ1) is 13.0. The normalized spacial score (nSPS) is 17.9. The van der Waals surface area contributed by atoms with Crippen molar-refractivity contribution in [1.82, 2.24) is 20.0 Å². The molecular weight excluding hydrogens is 230 g/mol. The SMILES string of the molecule is Cn1nccc1C(=O)NC1CCN(CCN)CC1. The number of rotatable bonds is 4. The molecule has 1 amide bonds. The van der Waals surface area contributed by atoms with Crippen molar-refractivity contribution in [1.29, 1.82) is 0 Å². The Morgan fingerprint density at radius 3 is 2.83 bits per heavy atom. The standard InChI is InChI=1S/C12H21N5O/c1-16-11(2-6-14-16)12(18)15-10-3-7-17(8-4-10)9-5-13/h2,6,10H,3-5,7-9,13H2,1H3,(H,15,18). The minimum absolute atomic E-state index is 0.0349. The average Bonchev–Trinajstić information content (AvgIpc) is 2.78. The van der Waals surface area contributed by atoms with Gasteiger partial charge in [0.05, 0.1) is 0 Å². The van der Waals surface area contributed by atoms with Crippen molar-refractivity contribution >= 4 is 5.91 Å². The van der Waals surface area contributed by atoms with E-state index in [1.165, 1.54) is 0 Å². The number of carbonyl (C=O) groups is 1. The lowest BCUT2D eigenvalue weighted by Gasteiger charge is -2.31. The maximum atomic E-state index is 12.0. The molecule has 1 aliphatic rings. The van der Waals surface area contributed by atoms with Crippen LogP contribution in [0.25, 0.3) is 0 Å². The zero-order valence-electron chi connectivity index (χ0n) is 10.8. The maximum absolute atomic E-state index is 12.0. The summed E-state index contributed by atoms with van der Waals surface area (Å²) in [5, 5.41) is 7.07. The van der Waals surface area contributed by atoms with Crippen molar-refractivity contribution in [3.8, 4) is 0 Å². The van der Waals surface area contributed by atoms with Crippen LogP contribution in [0.2, 0.25) is 0 Å². The first-order valence-electron chi connectivity index (χ1n) is 6.42. The molecule has 1 aromatic rings. The lowest BCUT2D eigenvalue weighted by Crippen LogP contribution is -2.46. The van der Waals surface area contributed by atoms with Gasteiger partial charge in [-0.15, -0.1) is 0 Å². The molecule has 6 heteroatoms. The molecule has 2 rings (SSSR count). The molecule has 0 aliphatic carbocycles. The van der Waals surface area contributed by atoms with Crippen LogP contribution in [-0.4, -0.2) is 52.8 Å². The quantitative estimate of drug-likeness (QED) is 0.761. The lowest BCUT2D eigenvalue weighted by atomic mass is 10.0. The van der Waals surface area contributed by atoms with Crippen molar-refractivity contribution < 1.29 is 4.79 Å². The van der Waals surface area contributed by atoms with Gasteiger partial charge in [0.1, 0.15) is 5.69 Å². The van der Waals surface area contributed by atoms with E-state index in [0.717, 1.165) is 32.5 Å². The number of amides is 1. The smallest absolute Gasteiger partial charge is 0.269 e. The molecule has 2 heterocycles. The lowest BCUT2D eigenvalue weighted by molar-refractivity contribution is 0.0902. The molecule has 1 aromatic heterocycles. The van der Waals surface area contributed by atoms with E-state index in [9.17, 15) is 4.79 Å². The summed E-state index contributed by atoms with van der Waals surface area (Å²) in [7, 11) is 1.78. The fraction of sp³-hybridized carbons (Fsp3) is 0.667. The summed E-state index contributed by atoms with van der Waals surface area (Å²) >= 11 is 0. The molecule has 18 heavy (non-hydrogen) atoms. The molecule has 100 valence electrons. The highest BCUT2D eigenvalue weighted by molar-refractivity contribution is 5.92. The van der Waals surface area contributed by atoms with Crippen LogP contribution >= 0.6 is 0 Å². The van der Waals surface area contributed by atoms with E-state index >= 15 is 0 Å². The molecule has 1 fully saturated rings. The van der Waals surface area contributed by atoms with E-state index in [0.29, 0.717) is 12.2 Å². The largest absolute Gasteiger partial charge is 0.348 e. The number of hydrogen-bond acceptors (Lipinski definition) is 4. The molecule has 0 radical (unpaired) electrons. The Balaban J connectivity index is 1.81. The Bertz CT molecular complexity index is 395. The second-order valence-corrected chi connectivity index (χ2v) is 4.72. The Labute approximate surface area is 107 Å². The number of carbonyl (C=O) groups excluding carboxylic acids is 1. The predicted octanol–water partition coefficient (Wildman–Crippen LogP) is -0.427. The molecule has 0 unspecified atom stereocenters. The topological polar surface area (TPSA) is 76.2 Å². The molecule has 1 saturated heterocycles. The zero-order valence-corrected chi connectivity index (χ0v) is 10.8. The number of nitrogens with one attached hydrogen (secondary N) is 1. The van der Waals surface area contributed by atoms with Gasteiger partial charge in [-0.2, -0.15) is 5.10 Å². The van der Waals surface area contributed by atoms with E-state index in [-0.39, 0.29) is 11.9 Å². The van der Waals surface area contributed by atoms with E-state index in [1.54, 1.807) is 24.0 Å². The Hall–Kier alpha value is -1.40. The number of likely N-dealkylation sites (tertiary alicyclic amines) is 1. The van der Waals surface area contributed by atoms with Gasteiger partial charge in [0, 0.05) is 45.5 Å². The number of aromatic nitrogens is 2. The van der Waals surface area contributed by atoms with Crippen molar-refractivity contribution in [2.45, 2.75) is 18.9 Å². The molecule has 1 aliphatic heterocycles. The summed E-state index contributed by atoms with van der Waals surface area (Å²) < 4.78 is 1.60. The van der Waals surface area contributed by atoms with Gasteiger partial charge in [0.2, 0.25) is 0 Å². The number of hydrogen-bond donors (Lipinski definition) is 2. The average molecular weight is 251 g/mol. The Kier molecular flexibility index (Phi) is 4.33. The van der Waals surface area contributed by atoms with E-state index in [2.05, 4.69) is 15.3 Å². The summed E-state index contributed by atoms with van der Waals surface area (Å²) in [6, 6.07) is 2.00. The summed E-state index contributed by atoms with van der Waals surface area (Å²) in [5.74, 6) is -0.0349. The van der Waals surface area contributed by atoms with Gasteiger partial charge in [-0.25, -0.2) is 0 Å². The summed E-state index contributed by atoms with van der Waals surface area (Å²) in [4.78, 5) is 14.3. The minimum atomic E-state index is -0.0349. The van der Waals surface area contributed by atoms with Crippen LogP contribution in [0.1, 0.15) is 23.3 Å². The van der Waals surface area contributed by atoms with Crippen molar-refractivity contribution in [3.63, 3.8) is 0 Å². The van der Waals surface area contributed by atoms with Crippen LogP contribution in [0.4, 0.5) is 0 Å². The van der Waals surface area contributed by atoms with Crippen LogP contribution in [0.15, 0.2) is 12.3 Å². The number of aryl methyl sites for hydroxylation is 1. The summed E-state index contributed by atoms with van der Waals surface area (Å²) in [5.41, 5.74) is 6.14. The second kappa shape index (κ2) is 5.97.